The Morgan fingerprint density at radius 2 is 1.59 bits per heavy atom. The minimum absolute atomic E-state index is 0.0229. The molecule has 0 aliphatic heterocycles. The number of carbonyl (C=O) groups is 1. The summed E-state index contributed by atoms with van der Waals surface area (Å²) in [6.07, 6.45) is -3.31. The number of alkyl halides is 4. The molecule has 1 aliphatic rings. The van der Waals surface area contributed by atoms with Gasteiger partial charge < -0.3 is 0 Å². The van der Waals surface area contributed by atoms with Crippen molar-refractivity contribution in [2.24, 2.45) is 5.41 Å². The van der Waals surface area contributed by atoms with Crippen LogP contribution >= 0.6 is 0 Å². The fourth-order valence-electron chi connectivity index (χ4n) is 4.18. The molecule has 186 valence electrons. The molecule has 1 saturated carbocycles. The molecule has 0 amide bonds. The monoisotopic (exact) mass is 478 g/mol. The summed E-state index contributed by atoms with van der Waals surface area (Å²) in [4.78, 5) is 13.1. The van der Waals surface area contributed by atoms with Gasteiger partial charge in [0.1, 0.15) is 17.5 Å². The highest BCUT2D eigenvalue weighted by atomic mass is 19.4. The fraction of sp³-hybridized carbons (Fsp3) is 0.536. The Bertz CT molecular complexity index is 986. The van der Waals surface area contributed by atoms with Crippen LogP contribution in [0.25, 0.3) is 11.1 Å². The lowest BCUT2D eigenvalue weighted by Crippen LogP contribution is -2.48. The van der Waals surface area contributed by atoms with Crippen LogP contribution in [0.1, 0.15) is 77.8 Å². The Balaban J connectivity index is 1.88. The van der Waals surface area contributed by atoms with Crippen molar-refractivity contribution in [3.8, 4) is 11.1 Å². The maximum Gasteiger partial charge on any atom is 0.407 e. The first-order valence-electron chi connectivity index (χ1n) is 12.6. The molecule has 1 unspecified atom stereocenters. The molecule has 2 aromatic rings. The predicted octanol–water partition coefficient (Wildman–Crippen LogP) is 7.90. The maximum atomic E-state index is 15.4. The first kappa shape index (κ1) is 24.9. The zero-order valence-corrected chi connectivity index (χ0v) is 20.1. The van der Waals surface area contributed by atoms with Crippen molar-refractivity contribution in [2.75, 3.05) is 0 Å². The normalized spacial score (nSPS) is 19.1. The number of hydrogen-bond donors (Lipinski definition) is 1. The van der Waals surface area contributed by atoms with Gasteiger partial charge in [-0.2, -0.15) is 13.2 Å². The number of rotatable bonds is 11. The molecule has 6 heteroatoms. The number of Topliss-reactive ketones (excluding diaryl/α,β-unsaturated/α-hetero) is 1. The SMILES string of the molecule is [2H]CCC(F)(CC)C[C@H](N[C@@H](c1ccc(-c2ccc(C)cc2)cc1)C(F)(F)F)C(=O)CC1(C)CC1. The third-order valence-electron chi connectivity index (χ3n) is 7.07. The molecular weight excluding hydrogens is 442 g/mol. The third kappa shape index (κ3) is 6.68. The maximum absolute atomic E-state index is 15.4. The quantitative estimate of drug-likeness (QED) is 0.333. The van der Waals surface area contributed by atoms with E-state index in [1.807, 2.05) is 38.1 Å². The highest BCUT2D eigenvalue weighted by Crippen LogP contribution is 2.49. The van der Waals surface area contributed by atoms with Crippen LogP contribution < -0.4 is 5.32 Å². The van der Waals surface area contributed by atoms with Gasteiger partial charge in [0.05, 0.1) is 6.04 Å². The summed E-state index contributed by atoms with van der Waals surface area (Å²) in [5.41, 5.74) is 0.665. The van der Waals surface area contributed by atoms with Crippen molar-refractivity contribution >= 4 is 5.78 Å². The van der Waals surface area contributed by atoms with E-state index in [9.17, 15) is 18.0 Å². The number of nitrogens with one attached hydrogen (secondary N) is 1. The molecule has 3 atom stereocenters. The van der Waals surface area contributed by atoms with Crippen molar-refractivity contribution in [1.82, 2.24) is 5.32 Å². The second kappa shape index (κ2) is 10.2. The Morgan fingerprint density at radius 1 is 1.03 bits per heavy atom. The molecule has 2 nitrogen and oxygen atoms in total. The van der Waals surface area contributed by atoms with E-state index >= 15 is 4.39 Å². The lowest BCUT2D eigenvalue weighted by molar-refractivity contribution is -0.161. The van der Waals surface area contributed by atoms with Crippen LogP contribution in [-0.2, 0) is 4.79 Å². The zero-order valence-electron chi connectivity index (χ0n) is 21.1. The standard InChI is InChI=1S/C28H35F4NO/c1-5-27(29,6-2)17-23(24(34)18-26(4)15-16-26)33-25(28(30,31)32)22-13-11-21(12-14-22)20-9-7-19(3)8-10-20/h7-14,23,25,33H,5-6,15-18H2,1-4H3/t23-,25-/m0/s1/i1D/t23-,25-,27?. The summed E-state index contributed by atoms with van der Waals surface area (Å²) < 4.78 is 65.5. The van der Waals surface area contributed by atoms with Gasteiger partial charge in [0.15, 0.2) is 0 Å². The van der Waals surface area contributed by atoms with Gasteiger partial charge >= 0.3 is 6.18 Å². The average molecular weight is 479 g/mol. The highest BCUT2D eigenvalue weighted by molar-refractivity contribution is 5.85. The van der Waals surface area contributed by atoms with Crippen molar-refractivity contribution in [3.05, 3.63) is 59.7 Å². The minimum atomic E-state index is -4.67. The minimum Gasteiger partial charge on any atom is -0.298 e. The predicted molar refractivity (Wildman–Crippen MR) is 128 cm³/mol. The Hall–Kier alpha value is -2.21. The van der Waals surface area contributed by atoms with Gasteiger partial charge in [0.2, 0.25) is 0 Å². The number of halogens is 4. The Labute approximate surface area is 201 Å². The number of hydrogen-bond acceptors (Lipinski definition) is 2. The lowest BCUT2D eigenvalue weighted by atomic mass is 9.86. The van der Waals surface area contributed by atoms with Gasteiger partial charge in [-0.25, -0.2) is 4.39 Å². The molecule has 0 bridgehead atoms. The summed E-state index contributed by atoms with van der Waals surface area (Å²) in [6.45, 7) is 5.30. The number of carbonyl (C=O) groups excluding carboxylic acids is 1. The third-order valence-corrected chi connectivity index (χ3v) is 7.07. The van der Waals surface area contributed by atoms with Crippen molar-refractivity contribution in [1.29, 1.82) is 0 Å². The molecule has 0 spiro atoms. The van der Waals surface area contributed by atoms with Crippen LogP contribution in [0.4, 0.5) is 17.6 Å². The molecule has 0 radical (unpaired) electrons. The van der Waals surface area contributed by atoms with E-state index in [-0.39, 0.29) is 43.6 Å². The van der Waals surface area contributed by atoms with Crippen LogP contribution in [0.5, 0.6) is 0 Å². The summed E-state index contributed by atoms with van der Waals surface area (Å²) in [5.74, 6) is -0.393. The van der Waals surface area contributed by atoms with E-state index in [4.69, 9.17) is 1.37 Å². The zero-order chi connectivity index (χ0) is 25.9. The Kier molecular flexibility index (Phi) is 7.46. The molecule has 1 N–H and O–H groups in total. The molecule has 3 rings (SSSR count). The first-order valence-corrected chi connectivity index (χ1v) is 11.9. The first-order chi connectivity index (χ1) is 16.4. The fourth-order valence-corrected chi connectivity index (χ4v) is 4.18. The van der Waals surface area contributed by atoms with Gasteiger partial charge in [-0.05, 0) is 54.7 Å². The summed E-state index contributed by atoms with van der Waals surface area (Å²) in [5, 5.41) is 2.50. The molecule has 2 aromatic carbocycles. The molecule has 0 saturated heterocycles. The van der Waals surface area contributed by atoms with Crippen LogP contribution in [0.15, 0.2) is 48.5 Å². The molecule has 34 heavy (non-hydrogen) atoms. The van der Waals surface area contributed by atoms with Crippen molar-refractivity contribution in [2.45, 2.75) is 90.1 Å². The highest BCUT2D eigenvalue weighted by Gasteiger charge is 2.46. The van der Waals surface area contributed by atoms with Crippen molar-refractivity contribution < 1.29 is 23.7 Å². The molecule has 1 aliphatic carbocycles. The van der Waals surface area contributed by atoms with Crippen molar-refractivity contribution in [3.63, 3.8) is 0 Å². The van der Waals surface area contributed by atoms with Crippen LogP contribution in [0, 0.1) is 12.3 Å². The van der Waals surface area contributed by atoms with Gasteiger partial charge in [-0.3, -0.25) is 10.1 Å². The van der Waals surface area contributed by atoms with E-state index < -0.39 is 29.7 Å². The van der Waals surface area contributed by atoms with E-state index in [0.29, 0.717) is 0 Å². The van der Waals surface area contributed by atoms with Gasteiger partial charge in [-0.1, -0.05) is 74.8 Å². The van der Waals surface area contributed by atoms with Crippen LogP contribution in [0.2, 0.25) is 0 Å². The second-order valence-electron chi connectivity index (χ2n) is 10.1. The molecular formula is C28H35F4NO. The topological polar surface area (TPSA) is 29.1 Å². The number of ketones is 1. The average Bonchev–Trinajstić information content (AvgIpc) is 3.53. The molecule has 1 fully saturated rings. The largest absolute Gasteiger partial charge is 0.407 e. The van der Waals surface area contributed by atoms with Gasteiger partial charge in [-0.15, -0.1) is 0 Å². The van der Waals surface area contributed by atoms with E-state index in [1.165, 1.54) is 12.1 Å². The van der Waals surface area contributed by atoms with E-state index in [2.05, 4.69) is 5.32 Å². The lowest BCUT2D eigenvalue weighted by Gasteiger charge is -2.32. The van der Waals surface area contributed by atoms with Crippen LogP contribution in [0.3, 0.4) is 0 Å². The van der Waals surface area contributed by atoms with Gasteiger partial charge in [0, 0.05) is 14.2 Å². The Morgan fingerprint density at radius 3 is 2.06 bits per heavy atom. The molecule has 0 aromatic heterocycles. The molecule has 0 heterocycles. The van der Waals surface area contributed by atoms with E-state index in [1.54, 1.807) is 19.1 Å². The summed E-state index contributed by atoms with van der Waals surface area (Å²) >= 11 is 0. The smallest absolute Gasteiger partial charge is 0.298 e. The summed E-state index contributed by atoms with van der Waals surface area (Å²) in [7, 11) is 0. The second-order valence-corrected chi connectivity index (χ2v) is 10.1. The number of aryl methyl sites for hydroxylation is 1. The van der Waals surface area contributed by atoms with Crippen LogP contribution in [-0.4, -0.2) is 23.7 Å². The van der Waals surface area contributed by atoms with E-state index in [0.717, 1.165) is 29.5 Å². The number of benzene rings is 2. The summed E-state index contributed by atoms with van der Waals surface area (Å²) in [6, 6.07) is 10.4. The van der Waals surface area contributed by atoms with Gasteiger partial charge in [0.25, 0.3) is 0 Å².